The summed E-state index contributed by atoms with van der Waals surface area (Å²) >= 11 is 6.06. The van der Waals surface area contributed by atoms with Crippen molar-refractivity contribution in [1.82, 2.24) is 9.97 Å². The van der Waals surface area contributed by atoms with Crippen LogP contribution in [-0.4, -0.2) is 9.97 Å². The zero-order valence-corrected chi connectivity index (χ0v) is 12.8. The van der Waals surface area contributed by atoms with Crippen LogP contribution >= 0.6 is 11.6 Å². The molecule has 1 N–H and O–H groups in total. The summed E-state index contributed by atoms with van der Waals surface area (Å²) < 4.78 is 0. The number of nitrogens with zero attached hydrogens (tertiary/aromatic N) is 2. The monoisotopic (exact) mass is 309 g/mol. The summed E-state index contributed by atoms with van der Waals surface area (Å²) in [4.78, 5) is 8.78. The van der Waals surface area contributed by atoms with Gasteiger partial charge in [0.2, 0.25) is 0 Å². The fourth-order valence-electron chi connectivity index (χ4n) is 3.13. The summed E-state index contributed by atoms with van der Waals surface area (Å²) in [5.74, 6) is 0.880. The molecular formula is C18H16ClN3. The molecule has 4 heteroatoms. The molecule has 1 aliphatic rings. The van der Waals surface area contributed by atoms with E-state index in [9.17, 15) is 0 Å². The second-order valence-corrected chi connectivity index (χ2v) is 6.25. The molecule has 3 nitrogen and oxygen atoms in total. The summed E-state index contributed by atoms with van der Waals surface area (Å²) in [5, 5.41) is 5.38. The second kappa shape index (κ2) is 5.25. The summed E-state index contributed by atoms with van der Waals surface area (Å²) in [7, 11) is 0. The Bertz CT molecular complexity index is 813. The zero-order valence-electron chi connectivity index (χ0n) is 12.1. The minimum atomic E-state index is -0.0117. The van der Waals surface area contributed by atoms with Crippen molar-refractivity contribution in [1.29, 1.82) is 0 Å². The highest BCUT2D eigenvalue weighted by atomic mass is 35.5. The normalized spacial score (nSPS) is 16.2. The van der Waals surface area contributed by atoms with Gasteiger partial charge in [0.15, 0.2) is 0 Å². The van der Waals surface area contributed by atoms with Crippen LogP contribution < -0.4 is 5.32 Å². The number of halogens is 1. The van der Waals surface area contributed by atoms with Crippen LogP contribution in [0.1, 0.15) is 24.8 Å². The van der Waals surface area contributed by atoms with Crippen molar-refractivity contribution < 1.29 is 0 Å². The zero-order chi connectivity index (χ0) is 15.0. The van der Waals surface area contributed by atoms with Gasteiger partial charge in [0, 0.05) is 10.4 Å². The second-order valence-electron chi connectivity index (χ2n) is 5.81. The number of anilines is 1. The van der Waals surface area contributed by atoms with Crippen molar-refractivity contribution in [3.8, 4) is 0 Å². The molecule has 110 valence electrons. The maximum absolute atomic E-state index is 6.06. The summed E-state index contributed by atoms with van der Waals surface area (Å²) in [5.41, 5.74) is 2.18. The highest BCUT2D eigenvalue weighted by molar-refractivity contribution is 6.31. The molecule has 0 saturated heterocycles. The van der Waals surface area contributed by atoms with Crippen LogP contribution in [0.3, 0.4) is 0 Å². The summed E-state index contributed by atoms with van der Waals surface area (Å²) in [6.07, 6.45) is 5.07. The molecule has 0 bridgehead atoms. The predicted molar refractivity (Wildman–Crippen MR) is 90.1 cm³/mol. The van der Waals surface area contributed by atoms with Crippen molar-refractivity contribution in [3.63, 3.8) is 0 Å². The SMILES string of the molecule is Clc1ccc2c(NC3(c4ccccc4)CCC3)ncnc2c1. The average Bonchev–Trinajstić information content (AvgIpc) is 2.51. The van der Waals surface area contributed by atoms with E-state index in [0.29, 0.717) is 5.02 Å². The Kier molecular flexibility index (Phi) is 3.23. The van der Waals surface area contributed by atoms with E-state index in [1.54, 1.807) is 6.33 Å². The number of rotatable bonds is 3. The van der Waals surface area contributed by atoms with Gasteiger partial charge in [-0.25, -0.2) is 9.97 Å². The van der Waals surface area contributed by atoms with Gasteiger partial charge in [0.25, 0.3) is 0 Å². The molecule has 0 amide bonds. The Balaban J connectivity index is 1.77. The van der Waals surface area contributed by atoms with Crippen LogP contribution in [0, 0.1) is 0 Å². The van der Waals surface area contributed by atoms with Crippen LogP contribution in [0.25, 0.3) is 10.9 Å². The number of hydrogen-bond donors (Lipinski definition) is 1. The van der Waals surface area contributed by atoms with E-state index in [1.165, 1.54) is 12.0 Å². The van der Waals surface area contributed by atoms with Crippen molar-refractivity contribution >= 4 is 28.3 Å². The predicted octanol–water partition coefficient (Wildman–Crippen LogP) is 4.77. The van der Waals surface area contributed by atoms with E-state index in [1.807, 2.05) is 18.2 Å². The smallest absolute Gasteiger partial charge is 0.137 e. The largest absolute Gasteiger partial charge is 0.360 e. The fraction of sp³-hybridized carbons (Fsp3) is 0.222. The fourth-order valence-corrected chi connectivity index (χ4v) is 3.30. The van der Waals surface area contributed by atoms with E-state index in [4.69, 9.17) is 11.6 Å². The Morgan fingerprint density at radius 3 is 2.55 bits per heavy atom. The number of nitrogens with one attached hydrogen (secondary N) is 1. The van der Waals surface area contributed by atoms with E-state index in [0.717, 1.165) is 29.6 Å². The minimum absolute atomic E-state index is 0.0117. The molecule has 1 saturated carbocycles. The third-order valence-electron chi connectivity index (χ3n) is 4.49. The molecule has 1 heterocycles. The standard InChI is InChI=1S/C18H16ClN3/c19-14-7-8-15-16(11-14)20-12-21-17(15)22-18(9-4-10-18)13-5-2-1-3-6-13/h1-3,5-8,11-12H,4,9-10H2,(H,20,21,22). The van der Waals surface area contributed by atoms with Crippen LogP contribution in [0.15, 0.2) is 54.9 Å². The molecule has 0 atom stereocenters. The lowest BCUT2D eigenvalue weighted by molar-refractivity contribution is 0.284. The van der Waals surface area contributed by atoms with Gasteiger partial charge in [-0.15, -0.1) is 0 Å². The summed E-state index contributed by atoms with van der Waals surface area (Å²) in [6.45, 7) is 0. The van der Waals surface area contributed by atoms with E-state index >= 15 is 0 Å². The van der Waals surface area contributed by atoms with Gasteiger partial charge in [-0.2, -0.15) is 0 Å². The molecule has 0 spiro atoms. The number of hydrogen-bond acceptors (Lipinski definition) is 3. The lowest BCUT2D eigenvalue weighted by atomic mass is 9.72. The van der Waals surface area contributed by atoms with Gasteiger partial charge in [-0.1, -0.05) is 41.9 Å². The van der Waals surface area contributed by atoms with Gasteiger partial charge in [-0.05, 0) is 43.0 Å². The van der Waals surface area contributed by atoms with Gasteiger partial charge < -0.3 is 5.32 Å². The van der Waals surface area contributed by atoms with E-state index in [-0.39, 0.29) is 5.54 Å². The molecule has 2 aromatic carbocycles. The maximum Gasteiger partial charge on any atom is 0.137 e. The third kappa shape index (κ3) is 2.22. The molecule has 4 rings (SSSR count). The molecule has 0 unspecified atom stereocenters. The first-order valence-electron chi connectivity index (χ1n) is 7.51. The number of aromatic nitrogens is 2. The molecule has 1 aliphatic carbocycles. The Hall–Kier alpha value is -2.13. The average molecular weight is 310 g/mol. The van der Waals surface area contributed by atoms with Gasteiger partial charge in [0.1, 0.15) is 12.1 Å². The molecule has 1 fully saturated rings. The van der Waals surface area contributed by atoms with Crippen LogP contribution in [0.5, 0.6) is 0 Å². The Morgan fingerprint density at radius 1 is 1.00 bits per heavy atom. The quantitative estimate of drug-likeness (QED) is 0.757. The number of benzene rings is 2. The van der Waals surface area contributed by atoms with Crippen molar-refractivity contribution in [3.05, 3.63) is 65.4 Å². The first kappa shape index (κ1) is 13.5. The van der Waals surface area contributed by atoms with Gasteiger partial charge in [0.05, 0.1) is 11.1 Å². The third-order valence-corrected chi connectivity index (χ3v) is 4.72. The molecular weight excluding hydrogens is 294 g/mol. The number of fused-ring (bicyclic) bond motifs is 1. The van der Waals surface area contributed by atoms with Gasteiger partial charge >= 0.3 is 0 Å². The van der Waals surface area contributed by atoms with Gasteiger partial charge in [-0.3, -0.25) is 0 Å². The Labute approximate surface area is 134 Å². The van der Waals surface area contributed by atoms with Crippen LogP contribution in [0.2, 0.25) is 5.02 Å². The van der Waals surface area contributed by atoms with Crippen molar-refractivity contribution in [2.75, 3.05) is 5.32 Å². The van der Waals surface area contributed by atoms with E-state index in [2.05, 4.69) is 45.6 Å². The first-order chi connectivity index (χ1) is 10.8. The molecule has 0 aliphatic heterocycles. The molecule has 0 radical (unpaired) electrons. The van der Waals surface area contributed by atoms with E-state index < -0.39 is 0 Å². The topological polar surface area (TPSA) is 37.8 Å². The lowest BCUT2D eigenvalue weighted by Crippen LogP contribution is -2.42. The van der Waals surface area contributed by atoms with Crippen molar-refractivity contribution in [2.45, 2.75) is 24.8 Å². The maximum atomic E-state index is 6.06. The highest BCUT2D eigenvalue weighted by Crippen LogP contribution is 2.44. The molecule has 22 heavy (non-hydrogen) atoms. The Morgan fingerprint density at radius 2 is 1.82 bits per heavy atom. The molecule has 1 aromatic heterocycles. The van der Waals surface area contributed by atoms with Crippen LogP contribution in [-0.2, 0) is 5.54 Å². The van der Waals surface area contributed by atoms with Crippen LogP contribution in [0.4, 0.5) is 5.82 Å². The molecule has 3 aromatic rings. The first-order valence-corrected chi connectivity index (χ1v) is 7.89. The summed E-state index contributed by atoms with van der Waals surface area (Å²) in [6, 6.07) is 16.4. The minimum Gasteiger partial charge on any atom is -0.360 e. The highest BCUT2D eigenvalue weighted by Gasteiger charge is 2.39. The van der Waals surface area contributed by atoms with Crippen molar-refractivity contribution in [2.24, 2.45) is 0 Å². The lowest BCUT2D eigenvalue weighted by Gasteiger charge is -2.43.